The van der Waals surface area contributed by atoms with Gasteiger partial charge in [-0.2, -0.15) is 0 Å². The first kappa shape index (κ1) is 13.8. The van der Waals surface area contributed by atoms with E-state index in [4.69, 9.17) is 15.2 Å². The smallest absolute Gasteiger partial charge is 0.206 e. The van der Waals surface area contributed by atoms with E-state index in [9.17, 15) is 0 Å². The number of nitrogen functional groups attached to an aromatic ring is 1. The summed E-state index contributed by atoms with van der Waals surface area (Å²) in [6, 6.07) is 11.4. The molecule has 6 heteroatoms. The number of nitrogens with two attached hydrogens (primary N) is 1. The van der Waals surface area contributed by atoms with E-state index in [0.717, 1.165) is 26.9 Å². The van der Waals surface area contributed by atoms with Crippen molar-refractivity contribution in [1.29, 1.82) is 0 Å². The maximum absolute atomic E-state index is 6.09. The van der Waals surface area contributed by atoms with Crippen molar-refractivity contribution in [2.45, 2.75) is 0 Å². The molecular formula is C15H14BrN3O2. The average molecular weight is 348 g/mol. The molecule has 0 aliphatic carbocycles. The molecule has 0 fully saturated rings. The maximum atomic E-state index is 6.09. The van der Waals surface area contributed by atoms with E-state index in [1.54, 1.807) is 14.2 Å². The second kappa shape index (κ2) is 5.29. The van der Waals surface area contributed by atoms with Crippen LogP contribution in [-0.4, -0.2) is 23.8 Å². The molecule has 0 radical (unpaired) electrons. The Kier molecular flexibility index (Phi) is 3.47. The third kappa shape index (κ3) is 2.31. The van der Waals surface area contributed by atoms with Crippen LogP contribution in [0.1, 0.15) is 0 Å². The van der Waals surface area contributed by atoms with Gasteiger partial charge < -0.3 is 15.2 Å². The van der Waals surface area contributed by atoms with Gasteiger partial charge in [-0.05, 0) is 30.3 Å². The minimum atomic E-state index is 0.398. The Morgan fingerprint density at radius 1 is 1.10 bits per heavy atom. The van der Waals surface area contributed by atoms with Gasteiger partial charge in [0.05, 0.1) is 30.9 Å². The minimum absolute atomic E-state index is 0.398. The molecule has 108 valence electrons. The summed E-state index contributed by atoms with van der Waals surface area (Å²) in [6.45, 7) is 0. The Labute approximate surface area is 130 Å². The predicted octanol–water partition coefficient (Wildman–Crippen LogP) is 3.39. The molecule has 0 atom stereocenters. The highest BCUT2D eigenvalue weighted by molar-refractivity contribution is 9.10. The molecule has 2 aromatic carbocycles. The number of aromatic nitrogens is 2. The second-order valence-corrected chi connectivity index (χ2v) is 5.39. The number of ether oxygens (including phenoxy) is 2. The molecule has 2 N–H and O–H groups in total. The number of benzene rings is 2. The Hall–Kier alpha value is -2.21. The predicted molar refractivity (Wildman–Crippen MR) is 86.3 cm³/mol. The van der Waals surface area contributed by atoms with Crippen LogP contribution in [0.2, 0.25) is 0 Å². The molecule has 1 aromatic heterocycles. The van der Waals surface area contributed by atoms with Gasteiger partial charge in [0.15, 0.2) is 0 Å². The monoisotopic (exact) mass is 347 g/mol. The first-order valence-corrected chi connectivity index (χ1v) is 7.09. The fourth-order valence-electron chi connectivity index (χ4n) is 2.29. The Bertz CT molecular complexity index is 814. The highest BCUT2D eigenvalue weighted by atomic mass is 79.9. The van der Waals surface area contributed by atoms with Crippen LogP contribution in [-0.2, 0) is 0 Å². The first-order chi connectivity index (χ1) is 10.1. The van der Waals surface area contributed by atoms with Gasteiger partial charge in [-0.3, -0.25) is 4.57 Å². The summed E-state index contributed by atoms with van der Waals surface area (Å²) in [5.41, 5.74) is 8.58. The van der Waals surface area contributed by atoms with Gasteiger partial charge in [-0.15, -0.1) is 0 Å². The van der Waals surface area contributed by atoms with Crippen molar-refractivity contribution in [3.05, 3.63) is 40.9 Å². The Balaban J connectivity index is 2.33. The lowest BCUT2D eigenvalue weighted by molar-refractivity contribution is 0.412. The van der Waals surface area contributed by atoms with Crippen molar-refractivity contribution in [1.82, 2.24) is 9.55 Å². The van der Waals surface area contributed by atoms with Gasteiger partial charge >= 0.3 is 0 Å². The molecule has 0 aliphatic heterocycles. The number of nitrogens with zero attached hydrogens (tertiary/aromatic N) is 2. The number of fused-ring (bicyclic) bond motifs is 1. The van der Waals surface area contributed by atoms with Crippen molar-refractivity contribution >= 4 is 32.9 Å². The molecule has 3 aromatic rings. The average Bonchev–Trinajstić information content (AvgIpc) is 2.81. The van der Waals surface area contributed by atoms with Crippen LogP contribution in [0.3, 0.4) is 0 Å². The molecular weight excluding hydrogens is 334 g/mol. The minimum Gasteiger partial charge on any atom is -0.497 e. The van der Waals surface area contributed by atoms with Gasteiger partial charge in [0.1, 0.15) is 11.5 Å². The van der Waals surface area contributed by atoms with Crippen molar-refractivity contribution < 1.29 is 9.47 Å². The summed E-state index contributed by atoms with van der Waals surface area (Å²) in [6.07, 6.45) is 0. The van der Waals surface area contributed by atoms with Crippen LogP contribution < -0.4 is 15.2 Å². The van der Waals surface area contributed by atoms with Gasteiger partial charge in [0.25, 0.3) is 0 Å². The van der Waals surface area contributed by atoms with Crippen molar-refractivity contribution in [3.8, 4) is 17.2 Å². The van der Waals surface area contributed by atoms with Crippen LogP contribution >= 0.6 is 15.9 Å². The Morgan fingerprint density at radius 3 is 2.62 bits per heavy atom. The maximum Gasteiger partial charge on any atom is 0.206 e. The zero-order chi connectivity index (χ0) is 15.0. The standard InChI is InChI=1S/C15H14BrN3O2/c1-20-10-4-5-11-12(8-10)19(15(17)18-11)13-7-9(16)3-6-14(13)21-2/h3-8H,1-2H3,(H2,17,18). The van der Waals surface area contributed by atoms with E-state index in [2.05, 4.69) is 20.9 Å². The van der Waals surface area contributed by atoms with Gasteiger partial charge in [-0.1, -0.05) is 15.9 Å². The third-order valence-corrected chi connectivity index (χ3v) is 3.76. The molecule has 0 spiro atoms. The van der Waals surface area contributed by atoms with Crippen LogP contribution in [0.5, 0.6) is 11.5 Å². The summed E-state index contributed by atoms with van der Waals surface area (Å²) in [7, 11) is 3.26. The lowest BCUT2D eigenvalue weighted by atomic mass is 10.2. The van der Waals surface area contributed by atoms with Crippen molar-refractivity contribution in [3.63, 3.8) is 0 Å². The quantitative estimate of drug-likeness (QED) is 0.788. The normalized spacial score (nSPS) is 10.8. The summed E-state index contributed by atoms with van der Waals surface area (Å²) >= 11 is 3.47. The van der Waals surface area contributed by atoms with Gasteiger partial charge in [0, 0.05) is 10.5 Å². The lowest BCUT2D eigenvalue weighted by Gasteiger charge is -2.12. The van der Waals surface area contributed by atoms with Crippen molar-refractivity contribution in [2.24, 2.45) is 0 Å². The molecule has 0 saturated carbocycles. The topological polar surface area (TPSA) is 62.3 Å². The molecule has 0 aliphatic rings. The summed E-state index contributed by atoms with van der Waals surface area (Å²) in [4.78, 5) is 4.38. The lowest BCUT2D eigenvalue weighted by Crippen LogP contribution is -2.03. The summed E-state index contributed by atoms with van der Waals surface area (Å²) in [5.74, 6) is 1.86. The van der Waals surface area contributed by atoms with Gasteiger partial charge in [-0.25, -0.2) is 4.98 Å². The molecule has 5 nitrogen and oxygen atoms in total. The first-order valence-electron chi connectivity index (χ1n) is 6.30. The molecule has 1 heterocycles. The number of imidazole rings is 1. The van der Waals surface area contributed by atoms with Crippen LogP contribution in [0.15, 0.2) is 40.9 Å². The fourth-order valence-corrected chi connectivity index (χ4v) is 2.64. The highest BCUT2D eigenvalue weighted by Crippen LogP contribution is 2.33. The zero-order valence-electron chi connectivity index (χ0n) is 11.6. The van der Waals surface area contributed by atoms with E-state index in [1.807, 2.05) is 41.0 Å². The van der Waals surface area contributed by atoms with E-state index in [-0.39, 0.29) is 0 Å². The molecule has 0 amide bonds. The number of halogens is 1. The van der Waals surface area contributed by atoms with Crippen molar-refractivity contribution in [2.75, 3.05) is 20.0 Å². The largest absolute Gasteiger partial charge is 0.497 e. The van der Waals surface area contributed by atoms with E-state index >= 15 is 0 Å². The van der Waals surface area contributed by atoms with Crippen LogP contribution in [0.25, 0.3) is 16.7 Å². The molecule has 0 bridgehead atoms. The SMILES string of the molecule is COc1ccc2nc(N)n(-c3cc(Br)ccc3OC)c2c1. The number of hydrogen-bond donors (Lipinski definition) is 1. The Morgan fingerprint density at radius 2 is 1.90 bits per heavy atom. The number of rotatable bonds is 3. The van der Waals surface area contributed by atoms with Crippen LogP contribution in [0.4, 0.5) is 5.95 Å². The van der Waals surface area contributed by atoms with E-state index in [0.29, 0.717) is 11.7 Å². The van der Waals surface area contributed by atoms with Gasteiger partial charge in [0.2, 0.25) is 5.95 Å². The second-order valence-electron chi connectivity index (χ2n) is 4.48. The number of methoxy groups -OCH3 is 2. The highest BCUT2D eigenvalue weighted by Gasteiger charge is 2.15. The number of anilines is 1. The van der Waals surface area contributed by atoms with E-state index in [1.165, 1.54) is 0 Å². The zero-order valence-corrected chi connectivity index (χ0v) is 13.2. The fraction of sp³-hybridized carbons (Fsp3) is 0.133. The summed E-state index contributed by atoms with van der Waals surface area (Å²) < 4.78 is 13.5. The molecule has 3 rings (SSSR count). The molecule has 21 heavy (non-hydrogen) atoms. The van der Waals surface area contributed by atoms with E-state index < -0.39 is 0 Å². The number of hydrogen-bond acceptors (Lipinski definition) is 4. The summed E-state index contributed by atoms with van der Waals surface area (Å²) in [5, 5.41) is 0. The molecule has 0 saturated heterocycles. The third-order valence-electron chi connectivity index (χ3n) is 3.27. The van der Waals surface area contributed by atoms with Crippen LogP contribution in [0, 0.1) is 0 Å². The molecule has 0 unspecified atom stereocenters.